The van der Waals surface area contributed by atoms with Crippen LogP contribution in [0.5, 0.6) is 5.75 Å². The fourth-order valence-electron chi connectivity index (χ4n) is 3.02. The van der Waals surface area contributed by atoms with Crippen LogP contribution in [0.25, 0.3) is 15.5 Å². The van der Waals surface area contributed by atoms with Crippen molar-refractivity contribution in [1.82, 2.24) is 25.1 Å². The summed E-state index contributed by atoms with van der Waals surface area (Å²) >= 11 is 6.81. The van der Waals surface area contributed by atoms with Gasteiger partial charge >= 0.3 is 0 Å². The molecule has 0 fully saturated rings. The van der Waals surface area contributed by atoms with Crippen molar-refractivity contribution in [1.29, 1.82) is 0 Å². The van der Waals surface area contributed by atoms with Crippen LogP contribution in [0, 0.1) is 13.8 Å². The SMILES string of the molecule is CCOc1ccc(C(=O)NC(=S)Nc2cccc(-c3nn4c(C)nnc4s3)c2C)cc1. The van der Waals surface area contributed by atoms with Gasteiger partial charge in [-0.2, -0.15) is 9.61 Å². The molecule has 0 saturated carbocycles. The summed E-state index contributed by atoms with van der Waals surface area (Å²) in [6.07, 6.45) is 0. The number of anilines is 1. The molecule has 0 atom stereocenters. The molecule has 0 saturated heterocycles. The molecule has 0 radical (unpaired) electrons. The van der Waals surface area contributed by atoms with E-state index < -0.39 is 0 Å². The van der Waals surface area contributed by atoms with Crippen molar-refractivity contribution in [3.05, 3.63) is 59.4 Å². The minimum Gasteiger partial charge on any atom is -0.494 e. The number of carbonyl (C=O) groups is 1. The van der Waals surface area contributed by atoms with Crippen LogP contribution < -0.4 is 15.4 Å². The van der Waals surface area contributed by atoms with Gasteiger partial charge in [-0.3, -0.25) is 10.1 Å². The van der Waals surface area contributed by atoms with Crippen molar-refractivity contribution in [3.63, 3.8) is 0 Å². The number of thiocarbonyl (C=S) groups is 1. The van der Waals surface area contributed by atoms with E-state index in [0.717, 1.165) is 32.6 Å². The van der Waals surface area contributed by atoms with Crippen LogP contribution in [-0.2, 0) is 0 Å². The van der Waals surface area contributed by atoms with Gasteiger partial charge in [-0.1, -0.05) is 23.5 Å². The molecule has 0 spiro atoms. The largest absolute Gasteiger partial charge is 0.494 e. The van der Waals surface area contributed by atoms with Crippen LogP contribution in [0.2, 0.25) is 0 Å². The van der Waals surface area contributed by atoms with Gasteiger partial charge in [0, 0.05) is 16.8 Å². The lowest BCUT2D eigenvalue weighted by molar-refractivity contribution is 0.0977. The summed E-state index contributed by atoms with van der Waals surface area (Å²) in [6, 6.07) is 12.7. The molecule has 0 aliphatic rings. The third-order valence-electron chi connectivity index (χ3n) is 4.61. The highest BCUT2D eigenvalue weighted by molar-refractivity contribution is 7.80. The van der Waals surface area contributed by atoms with Crippen LogP contribution in [0.1, 0.15) is 28.7 Å². The quantitative estimate of drug-likeness (QED) is 0.442. The highest BCUT2D eigenvalue weighted by Crippen LogP contribution is 2.31. The van der Waals surface area contributed by atoms with Crippen molar-refractivity contribution in [2.24, 2.45) is 0 Å². The van der Waals surface area contributed by atoms with E-state index in [2.05, 4.69) is 25.9 Å². The monoisotopic (exact) mass is 452 g/mol. The second kappa shape index (κ2) is 8.78. The van der Waals surface area contributed by atoms with Crippen LogP contribution >= 0.6 is 23.6 Å². The molecule has 0 unspecified atom stereocenters. The zero-order valence-corrected chi connectivity index (χ0v) is 18.8. The molecule has 0 aliphatic carbocycles. The Labute approximate surface area is 188 Å². The van der Waals surface area contributed by atoms with E-state index in [1.54, 1.807) is 28.8 Å². The number of nitrogens with zero attached hydrogens (tertiary/aromatic N) is 4. The molecule has 1 amide bonds. The molecule has 4 rings (SSSR count). The van der Waals surface area contributed by atoms with Crippen molar-refractivity contribution < 1.29 is 9.53 Å². The molecule has 2 aromatic carbocycles. The number of hydrogen-bond acceptors (Lipinski definition) is 7. The number of nitrogens with one attached hydrogen (secondary N) is 2. The molecule has 2 heterocycles. The summed E-state index contributed by atoms with van der Waals surface area (Å²) in [5.74, 6) is 1.16. The summed E-state index contributed by atoms with van der Waals surface area (Å²) in [5, 5.41) is 19.6. The van der Waals surface area contributed by atoms with Gasteiger partial charge in [0.1, 0.15) is 10.8 Å². The lowest BCUT2D eigenvalue weighted by Crippen LogP contribution is -2.34. The Morgan fingerprint density at radius 3 is 2.65 bits per heavy atom. The maximum absolute atomic E-state index is 12.5. The second-order valence-corrected chi connectivity index (χ2v) is 8.06. The number of rotatable bonds is 5. The third kappa shape index (κ3) is 4.39. The van der Waals surface area contributed by atoms with Crippen molar-refractivity contribution in [2.45, 2.75) is 20.8 Å². The summed E-state index contributed by atoms with van der Waals surface area (Å²) in [5.41, 5.74) is 3.20. The number of aromatic nitrogens is 4. The smallest absolute Gasteiger partial charge is 0.257 e. The van der Waals surface area contributed by atoms with Crippen LogP contribution in [0.15, 0.2) is 42.5 Å². The Hall–Kier alpha value is -3.37. The Balaban J connectivity index is 1.48. The normalized spacial score (nSPS) is 10.8. The number of benzene rings is 2. The second-order valence-electron chi connectivity index (χ2n) is 6.69. The lowest BCUT2D eigenvalue weighted by atomic mass is 10.1. The molecule has 2 N–H and O–H groups in total. The summed E-state index contributed by atoms with van der Waals surface area (Å²) in [6.45, 7) is 6.32. The van der Waals surface area contributed by atoms with Crippen LogP contribution in [-0.4, -0.2) is 37.4 Å². The van der Waals surface area contributed by atoms with Gasteiger partial charge in [-0.15, -0.1) is 10.2 Å². The van der Waals surface area contributed by atoms with E-state index in [0.29, 0.717) is 17.9 Å². The predicted octanol–water partition coefficient (Wildman–Crippen LogP) is 4.00. The Bertz CT molecular complexity index is 1260. The Morgan fingerprint density at radius 1 is 1.16 bits per heavy atom. The number of aryl methyl sites for hydroxylation is 1. The average Bonchev–Trinajstić information content (AvgIpc) is 3.32. The topological polar surface area (TPSA) is 93.4 Å². The van der Waals surface area contributed by atoms with Gasteiger partial charge in [-0.05, 0) is 68.9 Å². The molecule has 158 valence electrons. The lowest BCUT2D eigenvalue weighted by Gasteiger charge is -2.13. The van der Waals surface area contributed by atoms with Gasteiger partial charge in [0.05, 0.1) is 6.61 Å². The first kappa shape index (κ1) is 20.9. The molecule has 8 nitrogen and oxygen atoms in total. The first-order chi connectivity index (χ1) is 15.0. The van der Waals surface area contributed by atoms with Gasteiger partial charge in [0.25, 0.3) is 5.91 Å². The molecular weight excluding hydrogens is 432 g/mol. The van der Waals surface area contributed by atoms with E-state index in [1.807, 2.05) is 39.0 Å². The maximum Gasteiger partial charge on any atom is 0.257 e. The standard InChI is InChI=1S/C21H20N6O2S2/c1-4-29-15-10-8-14(9-11-15)18(28)23-20(30)22-17-7-5-6-16(12(17)2)19-26-27-13(3)24-25-21(27)31-19/h5-11H,4H2,1-3H3,(H2,22,23,28,30). The maximum atomic E-state index is 12.5. The van der Waals surface area contributed by atoms with Crippen LogP contribution in [0.3, 0.4) is 0 Å². The highest BCUT2D eigenvalue weighted by Gasteiger charge is 2.15. The molecular formula is C21H20N6O2S2. The van der Waals surface area contributed by atoms with Gasteiger partial charge in [0.15, 0.2) is 10.9 Å². The molecule has 0 bridgehead atoms. The summed E-state index contributed by atoms with van der Waals surface area (Å²) < 4.78 is 7.12. The van der Waals surface area contributed by atoms with E-state index in [9.17, 15) is 4.79 Å². The third-order valence-corrected chi connectivity index (χ3v) is 5.75. The summed E-state index contributed by atoms with van der Waals surface area (Å²) in [4.78, 5) is 13.2. The molecule has 4 aromatic rings. The zero-order chi connectivity index (χ0) is 22.0. The average molecular weight is 453 g/mol. The number of carbonyl (C=O) groups excluding carboxylic acids is 1. The van der Waals surface area contributed by atoms with Gasteiger partial charge < -0.3 is 10.1 Å². The zero-order valence-electron chi connectivity index (χ0n) is 17.2. The van der Waals surface area contributed by atoms with Crippen molar-refractivity contribution >= 4 is 45.2 Å². The number of amides is 1. The van der Waals surface area contributed by atoms with Crippen molar-refractivity contribution in [3.8, 4) is 16.3 Å². The molecule has 31 heavy (non-hydrogen) atoms. The predicted molar refractivity (Wildman–Crippen MR) is 125 cm³/mol. The summed E-state index contributed by atoms with van der Waals surface area (Å²) in [7, 11) is 0. The van der Waals surface area contributed by atoms with Gasteiger partial charge in [-0.25, -0.2) is 0 Å². The minimum absolute atomic E-state index is 0.216. The van der Waals surface area contributed by atoms with E-state index in [1.165, 1.54) is 11.3 Å². The van der Waals surface area contributed by atoms with Gasteiger partial charge in [0.2, 0.25) is 4.96 Å². The Morgan fingerprint density at radius 2 is 1.94 bits per heavy atom. The van der Waals surface area contributed by atoms with E-state index >= 15 is 0 Å². The molecule has 2 aromatic heterocycles. The number of hydrogen-bond donors (Lipinski definition) is 2. The fraction of sp³-hybridized carbons (Fsp3) is 0.190. The number of ether oxygens (including phenoxy) is 1. The Kier molecular flexibility index (Phi) is 5.92. The molecule has 10 heteroatoms. The first-order valence-electron chi connectivity index (χ1n) is 9.60. The number of fused-ring (bicyclic) bond motifs is 1. The fourth-order valence-corrected chi connectivity index (χ4v) is 4.19. The van der Waals surface area contributed by atoms with E-state index in [-0.39, 0.29) is 11.0 Å². The first-order valence-corrected chi connectivity index (χ1v) is 10.8. The highest BCUT2D eigenvalue weighted by atomic mass is 32.1. The minimum atomic E-state index is -0.293. The van der Waals surface area contributed by atoms with Crippen LogP contribution in [0.4, 0.5) is 5.69 Å². The molecule has 0 aliphatic heterocycles. The van der Waals surface area contributed by atoms with Crippen molar-refractivity contribution in [2.75, 3.05) is 11.9 Å². The van der Waals surface area contributed by atoms with E-state index in [4.69, 9.17) is 17.0 Å².